The van der Waals surface area contributed by atoms with Gasteiger partial charge in [0.2, 0.25) is 0 Å². The number of nitrogens with zero attached hydrogens (tertiary/aromatic N) is 2. The third kappa shape index (κ3) is 3.30. The number of methoxy groups -OCH3 is 1. The van der Waals surface area contributed by atoms with Crippen LogP contribution < -0.4 is 9.64 Å². The zero-order valence-corrected chi connectivity index (χ0v) is 15.4. The monoisotopic (exact) mass is 368 g/mol. The molecule has 24 heavy (non-hydrogen) atoms. The second kappa shape index (κ2) is 6.40. The van der Waals surface area contributed by atoms with Crippen molar-refractivity contribution in [3.8, 4) is 5.75 Å². The van der Waals surface area contributed by atoms with Crippen LogP contribution in [0, 0.1) is 5.92 Å². The van der Waals surface area contributed by atoms with Gasteiger partial charge in [0.15, 0.2) is 15.0 Å². The maximum absolute atomic E-state index is 12.1. The van der Waals surface area contributed by atoms with E-state index in [0.29, 0.717) is 5.17 Å². The molecule has 0 aliphatic carbocycles. The molecule has 0 saturated carbocycles. The van der Waals surface area contributed by atoms with E-state index in [4.69, 9.17) is 4.74 Å². The zero-order chi connectivity index (χ0) is 17.5. The summed E-state index contributed by atoms with van der Waals surface area (Å²) in [6.45, 7) is 3.60. The predicted octanol–water partition coefficient (Wildman–Crippen LogP) is 1.95. The molecule has 1 amide bonds. The SMILES string of the molecule is COc1ccc(N2C(=NC(=O)C(C)C)SC3CS(=O)(=O)CC32)cc1. The van der Waals surface area contributed by atoms with Crippen molar-refractivity contribution in [3.63, 3.8) is 0 Å². The van der Waals surface area contributed by atoms with Crippen LogP contribution >= 0.6 is 11.8 Å². The van der Waals surface area contributed by atoms with Crippen LogP contribution in [0.4, 0.5) is 5.69 Å². The van der Waals surface area contributed by atoms with Gasteiger partial charge in [-0.1, -0.05) is 25.6 Å². The van der Waals surface area contributed by atoms with E-state index in [2.05, 4.69) is 4.99 Å². The smallest absolute Gasteiger partial charge is 0.250 e. The number of anilines is 1. The number of aliphatic imine (C=N–C) groups is 1. The highest BCUT2D eigenvalue weighted by Gasteiger charge is 2.49. The summed E-state index contributed by atoms with van der Waals surface area (Å²) in [6.07, 6.45) is 0. The van der Waals surface area contributed by atoms with Gasteiger partial charge in [-0.2, -0.15) is 4.99 Å². The molecule has 2 heterocycles. The molecule has 0 spiro atoms. The van der Waals surface area contributed by atoms with Crippen LogP contribution in [0.25, 0.3) is 0 Å². The predicted molar refractivity (Wildman–Crippen MR) is 96.6 cm³/mol. The first kappa shape index (κ1) is 17.3. The minimum atomic E-state index is -3.05. The average molecular weight is 368 g/mol. The van der Waals surface area contributed by atoms with Gasteiger partial charge in [0, 0.05) is 16.9 Å². The van der Waals surface area contributed by atoms with Crippen LogP contribution in [0.3, 0.4) is 0 Å². The fourth-order valence-corrected chi connectivity index (χ4v) is 6.75. The van der Waals surface area contributed by atoms with E-state index in [1.807, 2.05) is 29.2 Å². The second-order valence-electron chi connectivity index (χ2n) is 6.26. The summed E-state index contributed by atoms with van der Waals surface area (Å²) in [6, 6.07) is 7.17. The van der Waals surface area contributed by atoms with Crippen molar-refractivity contribution in [1.29, 1.82) is 0 Å². The van der Waals surface area contributed by atoms with Crippen LogP contribution in [0.1, 0.15) is 13.8 Å². The van der Waals surface area contributed by atoms with E-state index in [1.54, 1.807) is 21.0 Å². The second-order valence-corrected chi connectivity index (χ2v) is 9.62. The van der Waals surface area contributed by atoms with E-state index in [9.17, 15) is 13.2 Å². The summed E-state index contributed by atoms with van der Waals surface area (Å²) >= 11 is 1.39. The number of sulfone groups is 1. The summed E-state index contributed by atoms with van der Waals surface area (Å²) in [5.41, 5.74) is 0.822. The Bertz CT molecular complexity index is 772. The van der Waals surface area contributed by atoms with Crippen LogP contribution in [-0.2, 0) is 14.6 Å². The molecule has 8 heteroatoms. The zero-order valence-electron chi connectivity index (χ0n) is 13.8. The number of thioether (sulfide) groups is 1. The highest BCUT2D eigenvalue weighted by Crippen LogP contribution is 2.41. The van der Waals surface area contributed by atoms with E-state index < -0.39 is 9.84 Å². The molecule has 0 N–H and O–H groups in total. The molecule has 2 aliphatic heterocycles. The molecular formula is C16H20N2O4S2. The van der Waals surface area contributed by atoms with Gasteiger partial charge in [-0.05, 0) is 24.3 Å². The number of benzene rings is 1. The van der Waals surface area contributed by atoms with Gasteiger partial charge in [-0.3, -0.25) is 4.79 Å². The van der Waals surface area contributed by atoms with Crippen molar-refractivity contribution in [2.24, 2.45) is 10.9 Å². The van der Waals surface area contributed by atoms with Crippen LogP contribution in [0.2, 0.25) is 0 Å². The van der Waals surface area contributed by atoms with Gasteiger partial charge >= 0.3 is 0 Å². The first-order valence-electron chi connectivity index (χ1n) is 7.73. The average Bonchev–Trinajstić information content (AvgIpc) is 2.98. The lowest BCUT2D eigenvalue weighted by Gasteiger charge is -2.24. The van der Waals surface area contributed by atoms with Crippen molar-refractivity contribution >= 4 is 38.4 Å². The summed E-state index contributed by atoms with van der Waals surface area (Å²) in [4.78, 5) is 18.2. The van der Waals surface area contributed by atoms with Gasteiger partial charge in [0.1, 0.15) is 5.75 Å². The number of fused-ring (bicyclic) bond motifs is 1. The third-order valence-corrected chi connectivity index (χ3v) is 7.33. The standard InChI is InChI=1S/C16H20N2O4S2/c1-10(2)15(19)17-16-18(11-4-6-12(22-3)7-5-11)13-8-24(20,21)9-14(13)23-16/h4-7,10,13-14H,8-9H2,1-3H3. The topological polar surface area (TPSA) is 76.0 Å². The van der Waals surface area contributed by atoms with Gasteiger partial charge in [0.05, 0.1) is 24.7 Å². The molecule has 2 saturated heterocycles. The Hall–Kier alpha value is -1.54. The number of carbonyl (C=O) groups excluding carboxylic acids is 1. The number of ether oxygens (including phenoxy) is 1. The lowest BCUT2D eigenvalue weighted by molar-refractivity contribution is -0.120. The van der Waals surface area contributed by atoms with Crippen molar-refractivity contribution in [2.45, 2.75) is 25.1 Å². The summed E-state index contributed by atoms with van der Waals surface area (Å²) < 4.78 is 29.2. The molecule has 0 aromatic heterocycles. The Kier molecular flexibility index (Phi) is 4.61. The van der Waals surface area contributed by atoms with Gasteiger partial charge in [0.25, 0.3) is 5.91 Å². The number of hydrogen-bond acceptors (Lipinski definition) is 5. The van der Waals surface area contributed by atoms with Crippen molar-refractivity contribution in [1.82, 2.24) is 0 Å². The Morgan fingerprint density at radius 2 is 1.96 bits per heavy atom. The lowest BCUT2D eigenvalue weighted by atomic mass is 10.2. The molecule has 1 aromatic carbocycles. The molecule has 2 unspecified atom stereocenters. The molecule has 3 rings (SSSR count). The molecule has 2 fully saturated rings. The van der Waals surface area contributed by atoms with E-state index in [-0.39, 0.29) is 34.6 Å². The largest absolute Gasteiger partial charge is 0.497 e. The summed E-state index contributed by atoms with van der Waals surface area (Å²) in [5, 5.41) is 0.500. The maximum Gasteiger partial charge on any atom is 0.250 e. The van der Waals surface area contributed by atoms with E-state index >= 15 is 0 Å². The molecule has 2 atom stereocenters. The molecule has 6 nitrogen and oxygen atoms in total. The summed E-state index contributed by atoms with van der Waals surface area (Å²) in [5.74, 6) is 0.548. The van der Waals surface area contributed by atoms with Crippen molar-refractivity contribution in [2.75, 3.05) is 23.5 Å². The Labute approximate surface area is 146 Å². The number of rotatable bonds is 3. The molecule has 130 valence electrons. The van der Waals surface area contributed by atoms with Crippen LogP contribution in [-0.4, -0.2) is 49.4 Å². The van der Waals surface area contributed by atoms with E-state index in [0.717, 1.165) is 11.4 Å². The molecular weight excluding hydrogens is 348 g/mol. The Morgan fingerprint density at radius 1 is 1.29 bits per heavy atom. The lowest BCUT2D eigenvalue weighted by Crippen LogP contribution is -2.37. The number of carbonyl (C=O) groups is 1. The molecule has 1 aromatic rings. The van der Waals surface area contributed by atoms with Crippen LogP contribution in [0.15, 0.2) is 29.3 Å². The minimum absolute atomic E-state index is 0.0872. The normalized spacial score (nSPS) is 26.8. The quantitative estimate of drug-likeness (QED) is 0.812. The van der Waals surface area contributed by atoms with Gasteiger partial charge in [-0.25, -0.2) is 8.42 Å². The van der Waals surface area contributed by atoms with Crippen molar-refractivity contribution in [3.05, 3.63) is 24.3 Å². The fraction of sp³-hybridized carbons (Fsp3) is 0.500. The van der Waals surface area contributed by atoms with Gasteiger partial charge in [-0.15, -0.1) is 0 Å². The van der Waals surface area contributed by atoms with Gasteiger partial charge < -0.3 is 9.64 Å². The van der Waals surface area contributed by atoms with Crippen LogP contribution in [0.5, 0.6) is 5.75 Å². The summed E-state index contributed by atoms with van der Waals surface area (Å²) in [7, 11) is -1.46. The molecule has 0 radical (unpaired) electrons. The number of amides is 1. The first-order chi connectivity index (χ1) is 11.3. The number of hydrogen-bond donors (Lipinski definition) is 0. The fourth-order valence-electron chi connectivity index (χ4n) is 2.83. The highest BCUT2D eigenvalue weighted by atomic mass is 32.2. The number of amidine groups is 1. The minimum Gasteiger partial charge on any atom is -0.497 e. The Morgan fingerprint density at radius 3 is 2.54 bits per heavy atom. The first-order valence-corrected chi connectivity index (χ1v) is 10.4. The highest BCUT2D eigenvalue weighted by molar-refractivity contribution is 8.16. The molecule has 2 aliphatic rings. The Balaban J connectivity index is 1.99. The van der Waals surface area contributed by atoms with Crippen molar-refractivity contribution < 1.29 is 17.9 Å². The molecule has 0 bridgehead atoms. The maximum atomic E-state index is 12.1. The third-order valence-electron chi connectivity index (χ3n) is 4.12. The van der Waals surface area contributed by atoms with E-state index in [1.165, 1.54) is 11.8 Å².